The summed E-state index contributed by atoms with van der Waals surface area (Å²) >= 11 is 6.34. The number of ether oxygens (including phenoxy) is 1. The second-order valence-electron chi connectivity index (χ2n) is 3.18. The summed E-state index contributed by atoms with van der Waals surface area (Å²) in [5.41, 5.74) is -0.0575. The Kier molecular flexibility index (Phi) is 5.07. The maximum atomic E-state index is 11.1. The van der Waals surface area contributed by atoms with Crippen molar-refractivity contribution < 1.29 is 14.5 Å². The summed E-state index contributed by atoms with van der Waals surface area (Å²) in [6, 6.07) is 2.66. The molecule has 92 valence electrons. The minimum atomic E-state index is -0.503. The number of carbonyl (C=O) groups is 1. The van der Waals surface area contributed by atoms with E-state index in [4.69, 9.17) is 4.74 Å². The number of hydrogen-bond acceptors (Lipinski definition) is 4. The van der Waals surface area contributed by atoms with Crippen LogP contribution in [-0.2, 0) is 4.79 Å². The highest BCUT2D eigenvalue weighted by Crippen LogP contribution is 2.37. The van der Waals surface area contributed by atoms with E-state index in [0.29, 0.717) is 21.1 Å². The predicted molar refractivity (Wildman–Crippen MR) is 69.3 cm³/mol. The van der Waals surface area contributed by atoms with Gasteiger partial charge >= 0.3 is 0 Å². The molecule has 0 unspecified atom stereocenters. The van der Waals surface area contributed by atoms with Crippen molar-refractivity contribution in [1.82, 2.24) is 0 Å². The monoisotopic (exact) mass is 365 g/mol. The second-order valence-corrected chi connectivity index (χ2v) is 4.89. The smallest absolute Gasteiger partial charge is 0.271 e. The third kappa shape index (κ3) is 3.78. The van der Waals surface area contributed by atoms with Gasteiger partial charge in [-0.25, -0.2) is 0 Å². The van der Waals surface area contributed by atoms with Gasteiger partial charge in [-0.3, -0.25) is 14.9 Å². The third-order valence-corrected chi connectivity index (χ3v) is 3.14. The zero-order valence-corrected chi connectivity index (χ0v) is 12.1. The molecule has 0 fully saturated rings. The number of ketones is 1. The topological polar surface area (TPSA) is 69.4 Å². The third-order valence-electron chi connectivity index (χ3n) is 1.97. The van der Waals surface area contributed by atoms with E-state index in [1.807, 2.05) is 0 Å². The van der Waals surface area contributed by atoms with Crippen molar-refractivity contribution in [3.05, 3.63) is 31.2 Å². The van der Waals surface area contributed by atoms with E-state index in [-0.39, 0.29) is 18.1 Å². The van der Waals surface area contributed by atoms with Crippen molar-refractivity contribution in [3.8, 4) is 5.75 Å². The van der Waals surface area contributed by atoms with Crippen molar-refractivity contribution >= 4 is 43.3 Å². The quantitative estimate of drug-likeness (QED) is 0.590. The van der Waals surface area contributed by atoms with Gasteiger partial charge in [0.15, 0.2) is 5.78 Å². The Morgan fingerprint density at radius 2 is 1.94 bits per heavy atom. The van der Waals surface area contributed by atoms with E-state index in [0.717, 1.165) is 0 Å². The zero-order valence-electron chi connectivity index (χ0n) is 8.91. The first-order valence-electron chi connectivity index (χ1n) is 4.73. The van der Waals surface area contributed by atoms with E-state index in [1.165, 1.54) is 12.1 Å². The Morgan fingerprint density at radius 3 is 2.35 bits per heavy atom. The van der Waals surface area contributed by atoms with Crippen LogP contribution in [0.2, 0.25) is 0 Å². The summed E-state index contributed by atoms with van der Waals surface area (Å²) in [7, 11) is 0. The fourth-order valence-corrected chi connectivity index (χ4v) is 2.44. The van der Waals surface area contributed by atoms with Crippen LogP contribution in [0.1, 0.15) is 13.3 Å². The molecule has 1 aromatic carbocycles. The summed E-state index contributed by atoms with van der Waals surface area (Å²) in [5, 5.41) is 10.6. The first kappa shape index (κ1) is 14.1. The average Bonchev–Trinajstić information content (AvgIpc) is 2.27. The number of nitro groups is 1. The molecule has 0 spiro atoms. The van der Waals surface area contributed by atoms with Crippen molar-refractivity contribution in [1.29, 1.82) is 0 Å². The van der Waals surface area contributed by atoms with Crippen LogP contribution in [0.15, 0.2) is 21.1 Å². The molecule has 0 N–H and O–H groups in total. The second kappa shape index (κ2) is 6.11. The van der Waals surface area contributed by atoms with Crippen LogP contribution in [0, 0.1) is 10.1 Å². The van der Waals surface area contributed by atoms with Crippen LogP contribution in [0.3, 0.4) is 0 Å². The van der Waals surface area contributed by atoms with Crippen molar-refractivity contribution in [3.63, 3.8) is 0 Å². The van der Waals surface area contributed by atoms with Crippen LogP contribution in [-0.4, -0.2) is 17.3 Å². The Hall–Kier alpha value is -0.950. The van der Waals surface area contributed by atoms with Crippen LogP contribution in [0.4, 0.5) is 5.69 Å². The molecule has 0 aliphatic carbocycles. The van der Waals surface area contributed by atoms with Crippen molar-refractivity contribution in [2.75, 3.05) is 6.61 Å². The molecule has 0 atom stereocenters. The molecular weight excluding hydrogens is 358 g/mol. The Labute approximate surface area is 115 Å². The van der Waals surface area contributed by atoms with Gasteiger partial charge in [0.2, 0.25) is 0 Å². The van der Waals surface area contributed by atoms with E-state index in [2.05, 4.69) is 31.9 Å². The molecule has 0 aliphatic rings. The molecule has 1 rings (SSSR count). The number of rotatable bonds is 5. The van der Waals surface area contributed by atoms with Gasteiger partial charge < -0.3 is 4.74 Å². The number of nitro benzene ring substituents is 1. The highest BCUT2D eigenvalue weighted by atomic mass is 79.9. The number of hydrogen-bond donors (Lipinski definition) is 0. The summed E-state index contributed by atoms with van der Waals surface area (Å²) in [6.45, 7) is 1.69. The Balaban J connectivity index is 2.94. The van der Waals surface area contributed by atoms with Gasteiger partial charge in [0.1, 0.15) is 12.4 Å². The summed E-state index contributed by atoms with van der Waals surface area (Å²) in [5.74, 6) is 0.347. The Bertz CT molecular complexity index is 439. The molecule has 0 aliphatic heterocycles. The van der Waals surface area contributed by atoms with Gasteiger partial charge in [-0.05, 0) is 31.9 Å². The van der Waals surface area contributed by atoms with Crippen LogP contribution >= 0.6 is 31.9 Å². The number of nitrogens with zero attached hydrogens (tertiary/aromatic N) is 1. The van der Waals surface area contributed by atoms with Crippen LogP contribution in [0.5, 0.6) is 5.75 Å². The standard InChI is InChI=1S/C10H9Br2NO4/c1-2-7(14)5-17-10-8(11)3-6(13(15)16)4-9(10)12/h3-4H,2,5H2,1H3. The highest BCUT2D eigenvalue weighted by Gasteiger charge is 2.15. The molecule has 0 radical (unpaired) electrons. The summed E-state index contributed by atoms with van der Waals surface area (Å²) < 4.78 is 6.15. The predicted octanol–water partition coefficient (Wildman–Crippen LogP) is 3.48. The molecule has 17 heavy (non-hydrogen) atoms. The first-order chi connectivity index (χ1) is 7.95. The maximum absolute atomic E-state index is 11.1. The van der Waals surface area contributed by atoms with Crippen LogP contribution < -0.4 is 4.74 Å². The minimum Gasteiger partial charge on any atom is -0.483 e. The number of halogens is 2. The lowest BCUT2D eigenvalue weighted by molar-refractivity contribution is -0.385. The van der Waals surface area contributed by atoms with E-state index < -0.39 is 4.92 Å². The van der Waals surface area contributed by atoms with Crippen LogP contribution in [0.25, 0.3) is 0 Å². The first-order valence-corrected chi connectivity index (χ1v) is 6.32. The number of benzene rings is 1. The van der Waals surface area contributed by atoms with E-state index >= 15 is 0 Å². The number of Topliss-reactive ketones (excluding diaryl/α,β-unsaturated/α-hetero) is 1. The highest BCUT2D eigenvalue weighted by molar-refractivity contribution is 9.11. The number of non-ortho nitro benzene ring substituents is 1. The number of carbonyl (C=O) groups excluding carboxylic acids is 1. The van der Waals surface area contributed by atoms with Gasteiger partial charge in [-0.1, -0.05) is 6.92 Å². The van der Waals surface area contributed by atoms with Crippen molar-refractivity contribution in [2.24, 2.45) is 0 Å². The normalized spacial score (nSPS) is 10.1. The molecule has 7 heteroatoms. The fraction of sp³-hybridized carbons (Fsp3) is 0.300. The molecule has 0 heterocycles. The van der Waals surface area contributed by atoms with E-state index in [1.54, 1.807) is 6.92 Å². The lowest BCUT2D eigenvalue weighted by atomic mass is 10.3. The SMILES string of the molecule is CCC(=O)COc1c(Br)cc([N+](=O)[O-])cc1Br. The summed E-state index contributed by atoms with van der Waals surface area (Å²) in [4.78, 5) is 21.2. The Morgan fingerprint density at radius 1 is 1.41 bits per heavy atom. The average molecular weight is 367 g/mol. The lowest BCUT2D eigenvalue weighted by Crippen LogP contribution is -2.10. The van der Waals surface area contributed by atoms with Gasteiger partial charge in [0.25, 0.3) is 5.69 Å². The molecule has 0 saturated carbocycles. The largest absolute Gasteiger partial charge is 0.483 e. The molecule has 5 nitrogen and oxygen atoms in total. The van der Waals surface area contributed by atoms with Crippen molar-refractivity contribution in [2.45, 2.75) is 13.3 Å². The van der Waals surface area contributed by atoms with E-state index in [9.17, 15) is 14.9 Å². The minimum absolute atomic E-state index is 0.0397. The lowest BCUT2D eigenvalue weighted by Gasteiger charge is -2.09. The fourth-order valence-electron chi connectivity index (χ4n) is 1.04. The molecule has 1 aromatic rings. The molecule has 0 saturated heterocycles. The molecule has 0 amide bonds. The molecule has 0 bridgehead atoms. The maximum Gasteiger partial charge on any atom is 0.271 e. The van der Waals surface area contributed by atoms with Gasteiger partial charge in [-0.15, -0.1) is 0 Å². The molecular formula is C10H9Br2NO4. The summed E-state index contributed by atoms with van der Waals surface area (Å²) in [6.07, 6.45) is 0.391. The zero-order chi connectivity index (χ0) is 13.0. The van der Waals surface area contributed by atoms with Gasteiger partial charge in [0.05, 0.1) is 13.9 Å². The van der Waals surface area contributed by atoms with Gasteiger partial charge in [0, 0.05) is 18.6 Å². The molecule has 0 aromatic heterocycles. The van der Waals surface area contributed by atoms with Gasteiger partial charge in [-0.2, -0.15) is 0 Å².